The van der Waals surface area contributed by atoms with Crippen LogP contribution in [0.1, 0.15) is 97.8 Å². The molecule has 574 valence electrons. The lowest BCUT2D eigenvalue weighted by Gasteiger charge is -2.22. The zero-order valence-electron chi connectivity index (χ0n) is 58.7. The summed E-state index contributed by atoms with van der Waals surface area (Å²) in [6.45, 7) is 7.43. The molecule has 0 spiro atoms. The zero-order chi connectivity index (χ0) is 74.9. The van der Waals surface area contributed by atoms with Gasteiger partial charge in [0.05, 0.1) is 69.1 Å². The molecule has 1 aromatic carbocycles. The molecule has 36 nitrogen and oxygen atoms in total. The molecule has 12 rings (SSSR count). The average Bonchev–Trinajstić information content (AvgIpc) is 1.35. The number of benzene rings is 1. The van der Waals surface area contributed by atoms with E-state index in [1.165, 1.54) is 81.3 Å². The molecule has 1 saturated carbocycles. The number of halogens is 3. The normalized spacial score (nSPS) is 24.9. The first-order valence-electron chi connectivity index (χ1n) is 33.8. The molecule has 4 aliphatic heterocycles. The predicted molar refractivity (Wildman–Crippen MR) is 368 cm³/mol. The van der Waals surface area contributed by atoms with Crippen LogP contribution in [0.2, 0.25) is 0 Å². The van der Waals surface area contributed by atoms with E-state index >= 15 is 0 Å². The Hall–Kier alpha value is -7.14. The van der Waals surface area contributed by atoms with Gasteiger partial charge >= 0.3 is 6.18 Å². The van der Waals surface area contributed by atoms with Crippen molar-refractivity contribution >= 4 is 71.0 Å². The van der Waals surface area contributed by atoms with E-state index in [4.69, 9.17) is 33.2 Å². The van der Waals surface area contributed by atoms with Crippen LogP contribution in [0.25, 0.3) is 33.5 Å². The SMILES string of the molecule is C=C(NCc1c(S(=O)(=O)NCc2nc(NC)c3ncn([C@@H]4O[C@H](COC)[C@@H](O)[C@H]4O)c3n2)ccc(C)c1C)C(F)(F)F.CNc1nc(CNC2CCCCC2)nc2c1ncn2[C@@H]1O[C@H](COC)[C@@H](O)[C@H]1O.CNc1nc(CNS(=O)(=O)CC2CCOCC2)nc2c1ncn2[C@@H]1O[C@H](COC)[C@@H](O)[C@H]1O. The van der Waals surface area contributed by atoms with Gasteiger partial charge in [-0.2, -0.15) is 13.2 Å². The van der Waals surface area contributed by atoms with E-state index in [-0.39, 0.29) is 71.6 Å². The van der Waals surface area contributed by atoms with E-state index in [0.29, 0.717) is 95.1 Å². The summed E-state index contributed by atoms with van der Waals surface area (Å²) in [4.78, 5) is 39.7. The highest BCUT2D eigenvalue weighted by Crippen LogP contribution is 2.37. The van der Waals surface area contributed by atoms with Crippen molar-refractivity contribution in [1.82, 2.24) is 78.6 Å². The molecule has 0 unspecified atom stereocenters. The lowest BCUT2D eigenvalue weighted by Crippen LogP contribution is -2.33. The molecule has 104 heavy (non-hydrogen) atoms. The number of ether oxygens (including phenoxy) is 7. The lowest BCUT2D eigenvalue weighted by atomic mass is 9.95. The number of anilines is 3. The number of nitrogens with one attached hydrogen (secondary N) is 7. The molecule has 0 radical (unpaired) electrons. The number of hydrogen-bond donors (Lipinski definition) is 13. The summed E-state index contributed by atoms with van der Waals surface area (Å²) in [6.07, 6.45) is -4.74. The second-order valence-corrected chi connectivity index (χ2v) is 29.3. The van der Waals surface area contributed by atoms with E-state index in [1.807, 2.05) is 0 Å². The van der Waals surface area contributed by atoms with Crippen molar-refractivity contribution in [2.75, 3.05) is 97.2 Å². The molecule has 0 bridgehead atoms. The van der Waals surface area contributed by atoms with Crippen molar-refractivity contribution in [2.24, 2.45) is 5.92 Å². The van der Waals surface area contributed by atoms with Crippen LogP contribution < -0.4 is 36.0 Å². The number of hydrogen-bond acceptors (Lipinski definition) is 31. The smallest absolute Gasteiger partial charge is 0.387 e. The molecule has 6 aromatic heterocycles. The van der Waals surface area contributed by atoms with Gasteiger partial charge in [-0.1, -0.05) is 31.9 Å². The third-order valence-corrected chi connectivity index (χ3v) is 21.7. The van der Waals surface area contributed by atoms with E-state index in [9.17, 15) is 60.6 Å². The van der Waals surface area contributed by atoms with Crippen LogP contribution in [-0.4, -0.2) is 254 Å². The molecule has 41 heteroatoms. The summed E-state index contributed by atoms with van der Waals surface area (Å²) in [6, 6.07) is 3.37. The van der Waals surface area contributed by atoms with E-state index < -0.39 is 119 Å². The van der Waals surface area contributed by atoms with E-state index in [1.54, 1.807) is 52.0 Å². The molecular weight excluding hydrogens is 1420 g/mol. The van der Waals surface area contributed by atoms with Crippen LogP contribution >= 0.6 is 0 Å². The minimum absolute atomic E-state index is 0.0209. The van der Waals surface area contributed by atoms with Crippen molar-refractivity contribution < 1.29 is 93.8 Å². The van der Waals surface area contributed by atoms with Gasteiger partial charge in [0.1, 0.15) is 78.1 Å². The van der Waals surface area contributed by atoms with Gasteiger partial charge in [0.15, 0.2) is 69.6 Å². The fourth-order valence-electron chi connectivity index (χ4n) is 12.8. The van der Waals surface area contributed by atoms with Gasteiger partial charge in [0, 0.05) is 68.3 Å². The maximum Gasteiger partial charge on any atom is 0.430 e. The molecule has 10 heterocycles. The Balaban J connectivity index is 0.000000170. The monoisotopic (exact) mass is 1510 g/mol. The van der Waals surface area contributed by atoms with Gasteiger partial charge in [-0.3, -0.25) is 13.7 Å². The summed E-state index contributed by atoms with van der Waals surface area (Å²) in [5.74, 6) is 2.26. The van der Waals surface area contributed by atoms with Crippen molar-refractivity contribution in [3.63, 3.8) is 0 Å². The number of fused-ring (bicyclic) bond motifs is 3. The van der Waals surface area contributed by atoms with Gasteiger partial charge in [-0.15, -0.1) is 0 Å². The maximum atomic E-state index is 13.4. The molecule has 13 N–H and O–H groups in total. The highest BCUT2D eigenvalue weighted by molar-refractivity contribution is 7.89. The number of sulfonamides is 2. The van der Waals surface area contributed by atoms with Crippen LogP contribution in [0, 0.1) is 19.8 Å². The van der Waals surface area contributed by atoms with Crippen molar-refractivity contribution in [3.8, 4) is 0 Å². The largest absolute Gasteiger partial charge is 0.430 e. The second-order valence-electron chi connectivity index (χ2n) is 25.7. The molecule has 7 aromatic rings. The summed E-state index contributed by atoms with van der Waals surface area (Å²) >= 11 is 0. The van der Waals surface area contributed by atoms with Gasteiger partial charge in [-0.25, -0.2) is 71.1 Å². The number of aromatic nitrogens is 12. The van der Waals surface area contributed by atoms with Crippen LogP contribution in [0.3, 0.4) is 0 Å². The lowest BCUT2D eigenvalue weighted by molar-refractivity contribution is -0.0965. The number of rotatable bonds is 27. The molecule has 12 atom stereocenters. The highest BCUT2D eigenvalue weighted by atomic mass is 32.2. The summed E-state index contributed by atoms with van der Waals surface area (Å²) in [5.41, 5.74) is 2.55. The predicted octanol–water partition coefficient (Wildman–Crippen LogP) is 0.930. The fraction of sp³-hybridized carbons (Fsp3) is 0.635. The molecule has 0 amide bonds. The summed E-state index contributed by atoms with van der Waals surface area (Å²) in [7, 11) is 1.67. The number of nitrogens with zero attached hydrogens (tertiary/aromatic N) is 12. The average molecular weight is 1510 g/mol. The Bertz CT molecular complexity index is 4300. The van der Waals surface area contributed by atoms with Crippen molar-refractivity contribution in [3.05, 3.63) is 77.6 Å². The van der Waals surface area contributed by atoms with Crippen LogP contribution in [0.5, 0.6) is 0 Å². The number of imidazole rings is 3. The van der Waals surface area contributed by atoms with Gasteiger partial charge in [0.2, 0.25) is 20.0 Å². The number of aryl methyl sites for hydroxylation is 1. The zero-order valence-corrected chi connectivity index (χ0v) is 60.3. The Morgan fingerprint density at radius 1 is 0.577 bits per heavy atom. The van der Waals surface area contributed by atoms with E-state index in [0.717, 1.165) is 0 Å². The first-order valence-corrected chi connectivity index (χ1v) is 36.9. The van der Waals surface area contributed by atoms with Gasteiger partial charge in [0.25, 0.3) is 0 Å². The van der Waals surface area contributed by atoms with Gasteiger partial charge < -0.3 is 90.4 Å². The summed E-state index contributed by atoms with van der Waals surface area (Å²) in [5, 5.41) is 77.1. The van der Waals surface area contributed by atoms with Crippen LogP contribution in [0.4, 0.5) is 30.6 Å². The first kappa shape index (κ1) is 79.4. The van der Waals surface area contributed by atoms with Crippen molar-refractivity contribution in [1.29, 1.82) is 0 Å². The number of methoxy groups -OCH3 is 3. The third-order valence-electron chi connectivity index (χ3n) is 18.7. The number of aliphatic hydroxyl groups excluding tert-OH is 6. The van der Waals surface area contributed by atoms with Crippen molar-refractivity contribution in [2.45, 2.75) is 176 Å². The Morgan fingerprint density at radius 3 is 1.39 bits per heavy atom. The first-order chi connectivity index (χ1) is 49.6. The Kier molecular flexibility index (Phi) is 26.4. The molecule has 5 aliphatic rings. The molecular formula is C63H92F3N19O17S2. The van der Waals surface area contributed by atoms with Gasteiger partial charge in [-0.05, 0) is 68.2 Å². The molecule has 5 fully saturated rings. The highest BCUT2D eigenvalue weighted by Gasteiger charge is 2.47. The topological polar surface area (TPSA) is 469 Å². The maximum absolute atomic E-state index is 13.4. The number of aliphatic hydroxyl groups is 6. The number of alkyl halides is 3. The minimum atomic E-state index is -4.69. The number of allylic oxidation sites excluding steroid dienone is 1. The van der Waals surface area contributed by atoms with E-state index in [2.05, 4.69) is 87.5 Å². The molecule has 4 saturated heterocycles. The van der Waals surface area contributed by atoms with Crippen LogP contribution in [0.15, 0.2) is 48.3 Å². The standard InChI is InChI=1S/C25H32F3N7O6S.C19H30N6O7S.C19H30N6O4/c1-12-6-7-17(15(13(12)2)8-30-14(3)25(26,27)28)42(38,39)32-9-18-33-22(29-4)19-23(34-18)35(11-31-19)24-21(37)20(36)16(41-24)10-40-5;1-20-17-14-18(25(10-21-14)19-16(27)15(26)12(32-19)8-30-2)24-13(23-17)7-22-33(28,29)9-11-3-5-31-6-4-11;1-20-17-14-18(24-13(23-17)8-21-11-6-4-3-5-7-11)25(10-22-14)19-16(27)15(26)12(29-19)9-28-2/h6-7,11,16,20-21,24,30,32,36-37H,3,8-10H2,1-2,4-5H3,(H,29,33,34);10-12,15-16,19,22,26-27H,3-9H2,1-2H3,(H,20,23,24);10-12,15-16,19,21,26-27H,3-9H2,1-2H3,(H,20,23,24)/t16-,20-,21-,24-;2*12-,15-,16-,19-/m111/s1. The Morgan fingerprint density at radius 2 is 0.990 bits per heavy atom. The fourth-order valence-corrected chi connectivity index (χ4v) is 15.5. The Labute approximate surface area is 597 Å². The van der Waals surface area contributed by atoms with Crippen LogP contribution in [-0.2, 0) is 79.4 Å². The summed E-state index contributed by atoms with van der Waals surface area (Å²) < 4.78 is 138. The minimum Gasteiger partial charge on any atom is -0.387 e. The second kappa shape index (κ2) is 34.6. The molecule has 1 aliphatic carbocycles. The quantitative estimate of drug-likeness (QED) is 0.0341. The third kappa shape index (κ3) is 18.1.